The summed E-state index contributed by atoms with van der Waals surface area (Å²) >= 11 is 0. The number of hydrogen-bond donors (Lipinski definition) is 3. The van der Waals surface area contributed by atoms with Crippen molar-refractivity contribution in [2.24, 2.45) is 5.41 Å². The average Bonchev–Trinajstić information content (AvgIpc) is 3.16. The second kappa shape index (κ2) is 5.71. The minimum atomic E-state index is -3.23. The number of sulfonamides is 1. The summed E-state index contributed by atoms with van der Waals surface area (Å²) in [7, 11) is -3.23. The molecular weight excluding hydrogens is 276 g/mol. The minimum Gasteiger partial charge on any atom is -0.396 e. The summed E-state index contributed by atoms with van der Waals surface area (Å²) in [5, 5.41) is 12.7. The Labute approximate surface area is 120 Å². The van der Waals surface area contributed by atoms with Crippen molar-refractivity contribution < 1.29 is 13.5 Å². The van der Waals surface area contributed by atoms with Gasteiger partial charge in [0.2, 0.25) is 10.0 Å². The van der Waals surface area contributed by atoms with Gasteiger partial charge in [-0.05, 0) is 37.5 Å². The van der Waals surface area contributed by atoms with Gasteiger partial charge < -0.3 is 10.4 Å². The van der Waals surface area contributed by atoms with Crippen molar-refractivity contribution in [1.29, 1.82) is 0 Å². The molecule has 20 heavy (non-hydrogen) atoms. The number of nitrogens with one attached hydrogen (secondary N) is 2. The lowest BCUT2D eigenvalue weighted by Crippen LogP contribution is -2.28. The number of benzene rings is 1. The SMILES string of the molecule is CC(NCC1(CO)CC1)c1ccc(NS(C)(=O)=O)cc1. The Balaban J connectivity index is 1.92. The second-order valence-electron chi connectivity index (χ2n) is 5.76. The first-order valence-corrected chi connectivity index (χ1v) is 8.65. The lowest BCUT2D eigenvalue weighted by molar-refractivity contribution is 0.204. The monoisotopic (exact) mass is 298 g/mol. The molecule has 1 unspecified atom stereocenters. The molecule has 1 aromatic carbocycles. The molecule has 0 saturated heterocycles. The fourth-order valence-corrected chi connectivity index (χ4v) is 2.67. The van der Waals surface area contributed by atoms with Crippen LogP contribution in [0.5, 0.6) is 0 Å². The normalized spacial score (nSPS) is 18.6. The van der Waals surface area contributed by atoms with Crippen LogP contribution in [0.1, 0.15) is 31.4 Å². The third-order valence-electron chi connectivity index (χ3n) is 3.79. The molecule has 0 aliphatic heterocycles. The molecule has 112 valence electrons. The van der Waals surface area contributed by atoms with Crippen LogP contribution in [-0.4, -0.2) is 32.9 Å². The predicted octanol–water partition coefficient (Wildman–Crippen LogP) is 1.48. The molecule has 3 N–H and O–H groups in total. The van der Waals surface area contributed by atoms with Gasteiger partial charge in [0.15, 0.2) is 0 Å². The summed E-state index contributed by atoms with van der Waals surface area (Å²) in [6, 6.07) is 7.50. The van der Waals surface area contributed by atoms with Crippen molar-refractivity contribution in [1.82, 2.24) is 5.32 Å². The summed E-state index contributed by atoms with van der Waals surface area (Å²) in [5.41, 5.74) is 1.75. The van der Waals surface area contributed by atoms with Crippen molar-refractivity contribution in [2.75, 3.05) is 24.1 Å². The Hall–Kier alpha value is -1.11. The van der Waals surface area contributed by atoms with Gasteiger partial charge in [-0.2, -0.15) is 0 Å². The highest BCUT2D eigenvalue weighted by atomic mass is 32.2. The number of aliphatic hydroxyl groups excluding tert-OH is 1. The Kier molecular flexibility index (Phi) is 4.36. The van der Waals surface area contributed by atoms with Crippen LogP contribution < -0.4 is 10.0 Å². The van der Waals surface area contributed by atoms with Gasteiger partial charge in [-0.25, -0.2) is 8.42 Å². The molecule has 1 aliphatic rings. The first-order chi connectivity index (χ1) is 9.34. The number of hydrogen-bond acceptors (Lipinski definition) is 4. The van der Waals surface area contributed by atoms with E-state index in [1.807, 2.05) is 12.1 Å². The molecule has 1 atom stereocenters. The van der Waals surface area contributed by atoms with E-state index in [2.05, 4.69) is 17.0 Å². The summed E-state index contributed by atoms with van der Waals surface area (Å²) < 4.78 is 24.7. The van der Waals surface area contributed by atoms with Crippen LogP contribution >= 0.6 is 0 Å². The smallest absolute Gasteiger partial charge is 0.229 e. The standard InChI is InChI=1S/C14H22N2O3S/c1-11(15-9-14(10-17)7-8-14)12-3-5-13(6-4-12)16-20(2,18)19/h3-6,11,15-17H,7-10H2,1-2H3. The highest BCUT2D eigenvalue weighted by Gasteiger charge is 2.41. The molecule has 1 aliphatic carbocycles. The van der Waals surface area contributed by atoms with Crippen LogP contribution in [0.3, 0.4) is 0 Å². The maximum atomic E-state index is 11.1. The van der Waals surface area contributed by atoms with Crippen molar-refractivity contribution in [3.63, 3.8) is 0 Å². The molecule has 1 fully saturated rings. The van der Waals surface area contributed by atoms with E-state index in [1.165, 1.54) is 0 Å². The summed E-state index contributed by atoms with van der Waals surface area (Å²) in [4.78, 5) is 0. The van der Waals surface area contributed by atoms with Crippen LogP contribution in [0.2, 0.25) is 0 Å². The van der Waals surface area contributed by atoms with E-state index < -0.39 is 10.0 Å². The molecule has 0 heterocycles. The van der Waals surface area contributed by atoms with Crippen LogP contribution in [-0.2, 0) is 10.0 Å². The molecule has 1 saturated carbocycles. The topological polar surface area (TPSA) is 78.4 Å². The Bertz CT molecular complexity index is 550. The van der Waals surface area contributed by atoms with Gasteiger partial charge >= 0.3 is 0 Å². The van der Waals surface area contributed by atoms with E-state index >= 15 is 0 Å². The first-order valence-electron chi connectivity index (χ1n) is 6.76. The molecule has 1 aromatic rings. The van der Waals surface area contributed by atoms with Gasteiger partial charge in [-0.3, -0.25) is 4.72 Å². The molecular formula is C14H22N2O3S. The highest BCUT2D eigenvalue weighted by Crippen LogP contribution is 2.44. The number of aliphatic hydroxyl groups is 1. The Morgan fingerprint density at radius 1 is 1.30 bits per heavy atom. The zero-order valence-electron chi connectivity index (χ0n) is 11.9. The quantitative estimate of drug-likeness (QED) is 0.712. The molecule has 0 amide bonds. The van der Waals surface area contributed by atoms with Crippen molar-refractivity contribution in [2.45, 2.75) is 25.8 Å². The third kappa shape index (κ3) is 4.19. The van der Waals surface area contributed by atoms with Gasteiger partial charge in [0, 0.05) is 30.3 Å². The second-order valence-corrected chi connectivity index (χ2v) is 7.51. The maximum Gasteiger partial charge on any atom is 0.229 e. The molecule has 6 heteroatoms. The van der Waals surface area contributed by atoms with Crippen molar-refractivity contribution in [3.8, 4) is 0 Å². The Morgan fingerprint density at radius 2 is 1.90 bits per heavy atom. The lowest BCUT2D eigenvalue weighted by Gasteiger charge is -2.19. The minimum absolute atomic E-state index is 0.0893. The molecule has 0 aromatic heterocycles. The fraction of sp³-hybridized carbons (Fsp3) is 0.571. The summed E-state index contributed by atoms with van der Waals surface area (Å²) in [5.74, 6) is 0. The van der Waals surface area contributed by atoms with Crippen LogP contribution in [0.4, 0.5) is 5.69 Å². The fourth-order valence-electron chi connectivity index (χ4n) is 2.11. The largest absolute Gasteiger partial charge is 0.396 e. The van der Waals surface area contributed by atoms with E-state index in [0.717, 1.165) is 31.2 Å². The van der Waals surface area contributed by atoms with E-state index in [0.29, 0.717) is 5.69 Å². The number of anilines is 1. The predicted molar refractivity (Wildman–Crippen MR) is 80.1 cm³/mol. The van der Waals surface area contributed by atoms with E-state index in [4.69, 9.17) is 0 Å². The summed E-state index contributed by atoms with van der Waals surface area (Å²) in [6.07, 6.45) is 3.30. The van der Waals surface area contributed by atoms with Gasteiger partial charge in [-0.15, -0.1) is 0 Å². The first kappa shape index (κ1) is 15.3. The van der Waals surface area contributed by atoms with E-state index in [1.54, 1.807) is 12.1 Å². The zero-order valence-corrected chi connectivity index (χ0v) is 12.7. The number of rotatable bonds is 7. The van der Waals surface area contributed by atoms with Crippen molar-refractivity contribution >= 4 is 15.7 Å². The molecule has 0 bridgehead atoms. The van der Waals surface area contributed by atoms with Crippen LogP contribution in [0, 0.1) is 5.41 Å². The van der Waals surface area contributed by atoms with Gasteiger partial charge in [0.1, 0.15) is 0 Å². The van der Waals surface area contributed by atoms with Gasteiger partial charge in [0.05, 0.1) is 6.26 Å². The summed E-state index contributed by atoms with van der Waals surface area (Å²) in [6.45, 7) is 3.12. The third-order valence-corrected chi connectivity index (χ3v) is 4.40. The van der Waals surface area contributed by atoms with Crippen LogP contribution in [0.25, 0.3) is 0 Å². The van der Waals surface area contributed by atoms with Gasteiger partial charge in [0.25, 0.3) is 0 Å². The molecule has 2 rings (SSSR count). The molecule has 0 spiro atoms. The molecule has 0 radical (unpaired) electrons. The van der Waals surface area contributed by atoms with Crippen LogP contribution in [0.15, 0.2) is 24.3 Å². The lowest BCUT2D eigenvalue weighted by atomic mass is 10.1. The van der Waals surface area contributed by atoms with E-state index in [-0.39, 0.29) is 18.1 Å². The highest BCUT2D eigenvalue weighted by molar-refractivity contribution is 7.92. The molecule has 5 nitrogen and oxygen atoms in total. The maximum absolute atomic E-state index is 11.1. The van der Waals surface area contributed by atoms with Crippen molar-refractivity contribution in [3.05, 3.63) is 29.8 Å². The zero-order chi connectivity index (χ0) is 14.8. The Morgan fingerprint density at radius 3 is 2.35 bits per heavy atom. The average molecular weight is 298 g/mol. The van der Waals surface area contributed by atoms with Gasteiger partial charge in [-0.1, -0.05) is 12.1 Å². The van der Waals surface area contributed by atoms with E-state index in [9.17, 15) is 13.5 Å².